The van der Waals surface area contributed by atoms with Gasteiger partial charge >= 0.3 is 0 Å². The molecule has 1 aromatic carbocycles. The molecule has 5 heteroatoms. The van der Waals surface area contributed by atoms with Crippen LogP contribution in [0.1, 0.15) is 32.6 Å². The van der Waals surface area contributed by atoms with Crippen LogP contribution in [0.25, 0.3) is 0 Å². The molecule has 0 radical (unpaired) electrons. The molecular formula is C17H21FN2O2. The predicted octanol–water partition coefficient (Wildman–Crippen LogP) is 2.71. The lowest BCUT2D eigenvalue weighted by atomic mass is 9.83. The molecule has 2 aliphatic carbocycles. The standard InChI is InChI=1S/C17H21FN2O2/c1-2-14(21)20-16-11-4-3-10(9-11)15(16)17(22)19-13-7-5-12(18)6-8-13/h5-8,10-11,15-16H,2-4,9H2,1H3,(H,19,22)(H,20,21). The van der Waals surface area contributed by atoms with E-state index in [1.807, 2.05) is 6.92 Å². The van der Waals surface area contributed by atoms with E-state index in [2.05, 4.69) is 10.6 Å². The molecule has 22 heavy (non-hydrogen) atoms. The number of hydrogen-bond donors (Lipinski definition) is 2. The van der Waals surface area contributed by atoms with Crippen molar-refractivity contribution in [1.29, 1.82) is 0 Å². The molecule has 1 aromatic rings. The highest BCUT2D eigenvalue weighted by molar-refractivity contribution is 5.94. The molecule has 2 saturated carbocycles. The molecule has 3 rings (SSSR count). The molecule has 4 atom stereocenters. The lowest BCUT2D eigenvalue weighted by Crippen LogP contribution is -2.48. The van der Waals surface area contributed by atoms with Crippen LogP contribution >= 0.6 is 0 Å². The SMILES string of the molecule is CCC(=O)NC1C2CCC(C2)C1C(=O)Nc1ccc(F)cc1. The van der Waals surface area contributed by atoms with E-state index in [0.29, 0.717) is 23.9 Å². The van der Waals surface area contributed by atoms with Crippen molar-refractivity contribution < 1.29 is 14.0 Å². The molecule has 2 bridgehead atoms. The first-order valence-electron chi connectivity index (χ1n) is 7.94. The van der Waals surface area contributed by atoms with Crippen LogP contribution in [0.5, 0.6) is 0 Å². The van der Waals surface area contributed by atoms with Crippen molar-refractivity contribution in [3.63, 3.8) is 0 Å². The van der Waals surface area contributed by atoms with Gasteiger partial charge in [0.2, 0.25) is 11.8 Å². The first kappa shape index (κ1) is 15.0. The number of carbonyl (C=O) groups is 2. The van der Waals surface area contributed by atoms with E-state index in [1.165, 1.54) is 12.1 Å². The summed E-state index contributed by atoms with van der Waals surface area (Å²) in [5, 5.41) is 5.89. The fraction of sp³-hybridized carbons (Fsp3) is 0.529. The van der Waals surface area contributed by atoms with Crippen molar-refractivity contribution in [2.24, 2.45) is 17.8 Å². The average Bonchev–Trinajstić information content (AvgIpc) is 3.10. The van der Waals surface area contributed by atoms with Gasteiger partial charge in [0.25, 0.3) is 0 Å². The number of anilines is 1. The van der Waals surface area contributed by atoms with E-state index in [1.54, 1.807) is 12.1 Å². The Balaban J connectivity index is 1.71. The second kappa shape index (κ2) is 6.07. The van der Waals surface area contributed by atoms with Crippen LogP contribution in [0, 0.1) is 23.6 Å². The Morgan fingerprint density at radius 3 is 2.55 bits per heavy atom. The molecular weight excluding hydrogens is 283 g/mol. The van der Waals surface area contributed by atoms with Gasteiger partial charge in [0, 0.05) is 18.2 Å². The van der Waals surface area contributed by atoms with E-state index in [4.69, 9.17) is 0 Å². The fourth-order valence-electron chi connectivity index (χ4n) is 3.92. The van der Waals surface area contributed by atoms with Gasteiger partial charge < -0.3 is 10.6 Å². The van der Waals surface area contributed by atoms with Crippen molar-refractivity contribution in [3.05, 3.63) is 30.1 Å². The summed E-state index contributed by atoms with van der Waals surface area (Å²) in [4.78, 5) is 24.3. The van der Waals surface area contributed by atoms with Gasteiger partial charge in [0.15, 0.2) is 0 Å². The Morgan fingerprint density at radius 1 is 1.18 bits per heavy atom. The zero-order valence-electron chi connectivity index (χ0n) is 12.6. The summed E-state index contributed by atoms with van der Waals surface area (Å²) in [6, 6.07) is 5.70. The molecule has 0 aliphatic heterocycles. The number of carbonyl (C=O) groups excluding carboxylic acids is 2. The Hall–Kier alpha value is -1.91. The van der Waals surface area contributed by atoms with Crippen molar-refractivity contribution in [2.75, 3.05) is 5.32 Å². The summed E-state index contributed by atoms with van der Waals surface area (Å²) < 4.78 is 12.9. The number of nitrogens with one attached hydrogen (secondary N) is 2. The molecule has 118 valence electrons. The largest absolute Gasteiger partial charge is 0.352 e. The first-order chi connectivity index (χ1) is 10.6. The number of benzene rings is 1. The van der Waals surface area contributed by atoms with Gasteiger partial charge in [-0.1, -0.05) is 6.92 Å². The van der Waals surface area contributed by atoms with Crippen molar-refractivity contribution >= 4 is 17.5 Å². The third-order valence-electron chi connectivity index (χ3n) is 4.98. The molecule has 0 saturated heterocycles. The summed E-state index contributed by atoms with van der Waals surface area (Å²) in [6.45, 7) is 1.82. The van der Waals surface area contributed by atoms with Gasteiger partial charge in [0.05, 0.1) is 5.92 Å². The van der Waals surface area contributed by atoms with E-state index < -0.39 is 0 Å². The molecule has 2 amide bonds. The summed E-state index contributed by atoms with van der Waals surface area (Å²) in [5.41, 5.74) is 0.592. The lowest BCUT2D eigenvalue weighted by Gasteiger charge is -2.30. The van der Waals surface area contributed by atoms with Crippen molar-refractivity contribution in [2.45, 2.75) is 38.6 Å². The van der Waals surface area contributed by atoms with E-state index >= 15 is 0 Å². The van der Waals surface area contributed by atoms with Crippen LogP contribution in [-0.2, 0) is 9.59 Å². The van der Waals surface area contributed by atoms with E-state index in [0.717, 1.165) is 19.3 Å². The van der Waals surface area contributed by atoms with Gasteiger partial charge in [-0.25, -0.2) is 4.39 Å². The molecule has 0 spiro atoms. The highest BCUT2D eigenvalue weighted by atomic mass is 19.1. The van der Waals surface area contributed by atoms with Crippen LogP contribution < -0.4 is 10.6 Å². The predicted molar refractivity (Wildman–Crippen MR) is 81.6 cm³/mol. The van der Waals surface area contributed by atoms with Gasteiger partial charge in [-0.3, -0.25) is 9.59 Å². The van der Waals surface area contributed by atoms with Crippen molar-refractivity contribution in [1.82, 2.24) is 5.32 Å². The van der Waals surface area contributed by atoms with Gasteiger partial charge in [-0.2, -0.15) is 0 Å². The third kappa shape index (κ3) is 2.85. The maximum Gasteiger partial charge on any atom is 0.229 e. The second-order valence-corrected chi connectivity index (χ2v) is 6.30. The average molecular weight is 304 g/mol. The third-order valence-corrected chi connectivity index (χ3v) is 4.98. The first-order valence-corrected chi connectivity index (χ1v) is 7.94. The van der Waals surface area contributed by atoms with Crippen LogP contribution in [-0.4, -0.2) is 17.9 Å². The monoisotopic (exact) mass is 304 g/mol. The smallest absolute Gasteiger partial charge is 0.229 e. The minimum Gasteiger partial charge on any atom is -0.352 e. The van der Waals surface area contributed by atoms with Gasteiger partial charge in [0.1, 0.15) is 5.82 Å². The lowest BCUT2D eigenvalue weighted by molar-refractivity contribution is -0.125. The second-order valence-electron chi connectivity index (χ2n) is 6.30. The van der Waals surface area contributed by atoms with E-state index in [-0.39, 0.29) is 29.6 Å². The Kier molecular flexibility index (Phi) is 4.14. The van der Waals surface area contributed by atoms with Crippen LogP contribution in [0.3, 0.4) is 0 Å². The quantitative estimate of drug-likeness (QED) is 0.898. The maximum absolute atomic E-state index is 12.9. The summed E-state index contributed by atoms with van der Waals surface area (Å²) >= 11 is 0. The molecule has 0 heterocycles. The zero-order chi connectivity index (χ0) is 15.7. The van der Waals surface area contributed by atoms with Crippen molar-refractivity contribution in [3.8, 4) is 0 Å². The van der Waals surface area contributed by atoms with Crippen LogP contribution in [0.15, 0.2) is 24.3 Å². The molecule has 4 nitrogen and oxygen atoms in total. The summed E-state index contributed by atoms with van der Waals surface area (Å²) in [7, 11) is 0. The number of rotatable bonds is 4. The van der Waals surface area contributed by atoms with E-state index in [9.17, 15) is 14.0 Å². The van der Waals surface area contributed by atoms with Crippen LogP contribution in [0.2, 0.25) is 0 Å². The molecule has 2 aliphatic rings. The normalized spacial score (nSPS) is 29.4. The number of amides is 2. The Labute approximate surface area is 129 Å². The number of hydrogen-bond acceptors (Lipinski definition) is 2. The Morgan fingerprint density at radius 2 is 1.86 bits per heavy atom. The fourth-order valence-corrected chi connectivity index (χ4v) is 3.92. The molecule has 0 aromatic heterocycles. The minimum absolute atomic E-state index is 0.00266. The highest BCUT2D eigenvalue weighted by Crippen LogP contribution is 2.48. The topological polar surface area (TPSA) is 58.2 Å². The van der Waals surface area contributed by atoms with Gasteiger partial charge in [-0.15, -0.1) is 0 Å². The van der Waals surface area contributed by atoms with Gasteiger partial charge in [-0.05, 0) is 55.4 Å². The molecule has 2 fully saturated rings. The number of halogens is 1. The maximum atomic E-state index is 12.9. The Bertz CT molecular complexity index is 573. The summed E-state index contributed by atoms with van der Waals surface area (Å²) in [6.07, 6.45) is 3.57. The highest BCUT2D eigenvalue weighted by Gasteiger charge is 2.51. The minimum atomic E-state index is -0.328. The molecule has 2 N–H and O–H groups in total. The summed E-state index contributed by atoms with van der Waals surface area (Å²) in [5.74, 6) is 0.166. The van der Waals surface area contributed by atoms with Crippen LogP contribution in [0.4, 0.5) is 10.1 Å². The zero-order valence-corrected chi connectivity index (χ0v) is 12.6. The number of fused-ring (bicyclic) bond motifs is 2. The molecule has 4 unspecified atom stereocenters.